The second-order valence-corrected chi connectivity index (χ2v) is 4.49. The van der Waals surface area contributed by atoms with Crippen molar-refractivity contribution in [3.63, 3.8) is 0 Å². The lowest BCUT2D eigenvalue weighted by molar-refractivity contribution is -0.143. The van der Waals surface area contributed by atoms with Crippen molar-refractivity contribution < 1.29 is 9.53 Å². The zero-order chi connectivity index (χ0) is 8.91. The number of rotatable bonds is 4. The van der Waals surface area contributed by atoms with Crippen LogP contribution < -0.4 is 0 Å². The van der Waals surface area contributed by atoms with Gasteiger partial charge in [-0.1, -0.05) is 6.92 Å². The Bertz CT molecular complexity index is 132. The molecule has 3 heteroatoms. The molecule has 0 unspecified atom stereocenters. The predicted molar refractivity (Wildman–Crippen MR) is 48.8 cm³/mol. The topological polar surface area (TPSA) is 26.3 Å². The van der Waals surface area contributed by atoms with E-state index in [0.29, 0.717) is 13.0 Å². The Kier molecular flexibility index (Phi) is 4.57. The van der Waals surface area contributed by atoms with Gasteiger partial charge in [0, 0.05) is 11.2 Å². The van der Waals surface area contributed by atoms with Gasteiger partial charge < -0.3 is 4.74 Å². The third-order valence-electron chi connectivity index (χ3n) is 1.42. The van der Waals surface area contributed by atoms with Crippen LogP contribution in [0, 0.1) is 0 Å². The van der Waals surface area contributed by atoms with Gasteiger partial charge in [-0.25, -0.2) is 0 Å². The summed E-state index contributed by atoms with van der Waals surface area (Å²) in [5.41, 5.74) is 0. The molecule has 0 spiro atoms. The Morgan fingerprint density at radius 1 is 1.55 bits per heavy atom. The number of ether oxygens (including phenoxy) is 1. The van der Waals surface area contributed by atoms with Gasteiger partial charge in [0.25, 0.3) is 0 Å². The van der Waals surface area contributed by atoms with Gasteiger partial charge in [-0.05, 0) is 20.1 Å². The molecule has 0 amide bonds. The van der Waals surface area contributed by atoms with Gasteiger partial charge in [0.1, 0.15) is 6.61 Å². The minimum absolute atomic E-state index is 0.0465. The summed E-state index contributed by atoms with van der Waals surface area (Å²) in [4.78, 5) is 10.7. The van der Waals surface area contributed by atoms with E-state index in [0.717, 1.165) is 0 Å². The molecule has 0 fully saturated rings. The molecule has 66 valence electrons. The van der Waals surface area contributed by atoms with Gasteiger partial charge in [-0.3, -0.25) is 4.79 Å². The molecule has 0 aliphatic heterocycles. The van der Waals surface area contributed by atoms with Crippen LogP contribution in [-0.2, 0) is 9.53 Å². The van der Waals surface area contributed by atoms with Crippen molar-refractivity contribution in [2.45, 2.75) is 31.9 Å². The molecule has 0 aromatic carbocycles. The third-order valence-corrected chi connectivity index (χ3v) is 2.65. The summed E-state index contributed by atoms with van der Waals surface area (Å²) in [5.74, 6) is -0.118. The molecular weight excluding hydrogens is 160 g/mol. The maximum Gasteiger partial charge on any atom is 0.305 e. The fourth-order valence-electron chi connectivity index (χ4n) is 0.415. The van der Waals surface area contributed by atoms with E-state index in [1.54, 1.807) is 18.7 Å². The van der Waals surface area contributed by atoms with Crippen LogP contribution in [0.2, 0.25) is 0 Å². The summed E-state index contributed by atoms with van der Waals surface area (Å²) in [6.45, 7) is 6.41. The van der Waals surface area contributed by atoms with E-state index in [9.17, 15) is 4.79 Å². The average molecular weight is 176 g/mol. The molecule has 0 atom stereocenters. The molecular formula is C8H16O2S. The number of esters is 1. The first kappa shape index (κ1) is 10.8. The quantitative estimate of drug-likeness (QED) is 0.613. The van der Waals surface area contributed by atoms with Crippen molar-refractivity contribution in [1.29, 1.82) is 0 Å². The van der Waals surface area contributed by atoms with Crippen LogP contribution in [0.3, 0.4) is 0 Å². The molecule has 0 rings (SSSR count). The lowest BCUT2D eigenvalue weighted by Crippen LogP contribution is -2.24. The van der Waals surface area contributed by atoms with Crippen molar-refractivity contribution >= 4 is 17.7 Å². The molecule has 0 bridgehead atoms. The highest BCUT2D eigenvalue weighted by molar-refractivity contribution is 7.99. The van der Waals surface area contributed by atoms with Crippen LogP contribution in [-0.4, -0.2) is 23.6 Å². The summed E-state index contributed by atoms with van der Waals surface area (Å²) < 4.78 is 5.03. The summed E-state index contributed by atoms with van der Waals surface area (Å²) in [5, 5.41) is 0. The normalized spacial score (nSPS) is 11.3. The van der Waals surface area contributed by atoms with Gasteiger partial charge >= 0.3 is 5.97 Å². The Labute approximate surface area is 72.7 Å². The van der Waals surface area contributed by atoms with Crippen LogP contribution in [0.25, 0.3) is 0 Å². The summed E-state index contributed by atoms with van der Waals surface area (Å²) in [6.07, 6.45) is 2.48. The van der Waals surface area contributed by atoms with Gasteiger partial charge in [0.05, 0.1) is 0 Å². The highest BCUT2D eigenvalue weighted by Crippen LogP contribution is 2.21. The van der Waals surface area contributed by atoms with E-state index in [2.05, 4.69) is 13.8 Å². The molecule has 0 heterocycles. The maximum absolute atomic E-state index is 10.7. The second-order valence-electron chi connectivity index (χ2n) is 2.98. The monoisotopic (exact) mass is 176 g/mol. The zero-order valence-corrected chi connectivity index (χ0v) is 8.46. The maximum atomic E-state index is 10.7. The molecule has 0 aromatic rings. The predicted octanol–water partition coefficient (Wildman–Crippen LogP) is 2.08. The fraction of sp³-hybridized carbons (Fsp3) is 0.875. The number of thioether (sulfide) groups is 1. The average Bonchev–Trinajstić information content (AvgIpc) is 2.00. The Hall–Kier alpha value is -0.180. The zero-order valence-electron chi connectivity index (χ0n) is 7.64. The van der Waals surface area contributed by atoms with Crippen molar-refractivity contribution in [2.75, 3.05) is 12.9 Å². The van der Waals surface area contributed by atoms with Gasteiger partial charge in [-0.15, -0.1) is 0 Å². The minimum atomic E-state index is -0.118. The van der Waals surface area contributed by atoms with E-state index in [1.165, 1.54) is 0 Å². The molecule has 0 radical (unpaired) electrons. The summed E-state index contributed by atoms with van der Waals surface area (Å²) in [6, 6.07) is 0. The first-order chi connectivity index (χ1) is 5.02. The van der Waals surface area contributed by atoms with Crippen molar-refractivity contribution in [3.05, 3.63) is 0 Å². The molecule has 0 saturated heterocycles. The van der Waals surface area contributed by atoms with Crippen LogP contribution in [0.15, 0.2) is 0 Å². The molecule has 0 N–H and O–H groups in total. The van der Waals surface area contributed by atoms with Crippen molar-refractivity contribution in [3.8, 4) is 0 Å². The molecule has 0 aromatic heterocycles. The molecule has 0 saturated carbocycles. The SMILES string of the molecule is CCC(=O)OCC(C)(C)SC. The van der Waals surface area contributed by atoms with Gasteiger partial charge in [0.15, 0.2) is 0 Å². The Balaban J connectivity index is 3.61. The smallest absolute Gasteiger partial charge is 0.305 e. The van der Waals surface area contributed by atoms with E-state index < -0.39 is 0 Å². The molecule has 0 aliphatic rings. The van der Waals surface area contributed by atoms with Crippen LogP contribution in [0.1, 0.15) is 27.2 Å². The molecule has 0 aliphatic carbocycles. The third kappa shape index (κ3) is 5.13. The van der Waals surface area contributed by atoms with Crippen LogP contribution in [0.5, 0.6) is 0 Å². The standard InChI is InChI=1S/C8H16O2S/c1-5-7(9)10-6-8(2,3)11-4/h5-6H2,1-4H3. The lowest BCUT2D eigenvalue weighted by atomic mass is 10.2. The van der Waals surface area contributed by atoms with Crippen molar-refractivity contribution in [1.82, 2.24) is 0 Å². The first-order valence-corrected chi connectivity index (χ1v) is 4.95. The van der Waals surface area contributed by atoms with E-state index >= 15 is 0 Å². The second kappa shape index (κ2) is 4.65. The van der Waals surface area contributed by atoms with E-state index in [1.807, 2.05) is 6.26 Å². The van der Waals surface area contributed by atoms with Gasteiger partial charge in [-0.2, -0.15) is 11.8 Å². The summed E-state index contributed by atoms with van der Waals surface area (Å²) >= 11 is 1.70. The van der Waals surface area contributed by atoms with E-state index in [4.69, 9.17) is 4.74 Å². The van der Waals surface area contributed by atoms with Crippen LogP contribution in [0.4, 0.5) is 0 Å². The first-order valence-electron chi connectivity index (χ1n) is 3.72. The minimum Gasteiger partial charge on any atom is -0.464 e. The number of carbonyl (C=O) groups excluding carboxylic acids is 1. The fourth-order valence-corrected chi connectivity index (χ4v) is 0.592. The van der Waals surface area contributed by atoms with E-state index in [-0.39, 0.29) is 10.7 Å². The Morgan fingerprint density at radius 3 is 2.45 bits per heavy atom. The van der Waals surface area contributed by atoms with Gasteiger partial charge in [0.2, 0.25) is 0 Å². The molecule has 11 heavy (non-hydrogen) atoms. The number of hydrogen-bond acceptors (Lipinski definition) is 3. The highest BCUT2D eigenvalue weighted by atomic mass is 32.2. The highest BCUT2D eigenvalue weighted by Gasteiger charge is 2.17. The van der Waals surface area contributed by atoms with Crippen LogP contribution >= 0.6 is 11.8 Å². The Morgan fingerprint density at radius 2 is 2.09 bits per heavy atom. The summed E-state index contributed by atoms with van der Waals surface area (Å²) in [7, 11) is 0. The largest absolute Gasteiger partial charge is 0.464 e. The van der Waals surface area contributed by atoms with Crippen molar-refractivity contribution in [2.24, 2.45) is 0 Å². The lowest BCUT2D eigenvalue weighted by Gasteiger charge is -2.20. The number of hydrogen-bond donors (Lipinski definition) is 0. The molecule has 2 nitrogen and oxygen atoms in total. The number of carbonyl (C=O) groups is 1.